The highest BCUT2D eigenvalue weighted by Gasteiger charge is 2.27. The first kappa shape index (κ1) is 16.2. The lowest BCUT2D eigenvalue weighted by atomic mass is 9.94. The van der Waals surface area contributed by atoms with Crippen LogP contribution in [0, 0.1) is 5.92 Å². The summed E-state index contributed by atoms with van der Waals surface area (Å²) >= 11 is 0. The largest absolute Gasteiger partial charge is 0.481 e. The molecule has 1 amide bonds. The van der Waals surface area contributed by atoms with Gasteiger partial charge in [-0.15, -0.1) is 0 Å². The molecule has 1 aliphatic rings. The molecule has 0 aromatic heterocycles. The number of aliphatic carboxylic acids is 1. The smallest absolute Gasteiger partial charge is 0.308 e. The van der Waals surface area contributed by atoms with E-state index in [4.69, 9.17) is 4.74 Å². The number of benzene rings is 2. The average Bonchev–Trinajstić information content (AvgIpc) is 3.07. The van der Waals surface area contributed by atoms with Gasteiger partial charge in [0, 0.05) is 5.56 Å². The minimum atomic E-state index is -0.952. The number of carbonyl (C=O) groups excluding carboxylic acids is 1. The Labute approximate surface area is 140 Å². The van der Waals surface area contributed by atoms with Crippen molar-refractivity contribution in [2.45, 2.75) is 26.2 Å². The van der Waals surface area contributed by atoms with Gasteiger partial charge in [-0.1, -0.05) is 36.4 Å². The van der Waals surface area contributed by atoms with Gasteiger partial charge in [-0.05, 0) is 35.7 Å². The summed E-state index contributed by atoms with van der Waals surface area (Å²) in [6.45, 7) is 2.67. The van der Waals surface area contributed by atoms with Crippen LogP contribution >= 0.6 is 0 Å². The van der Waals surface area contributed by atoms with E-state index in [0.717, 1.165) is 16.7 Å². The number of amides is 1. The summed E-state index contributed by atoms with van der Waals surface area (Å²) in [6, 6.07) is 14.0. The SMILES string of the molecule is CC(C(=O)O)C(NC(=O)c1ccc2c(c1)COC2)c1ccccc1. The van der Waals surface area contributed by atoms with Gasteiger partial charge in [0.25, 0.3) is 5.91 Å². The molecule has 0 radical (unpaired) electrons. The Balaban J connectivity index is 1.84. The molecule has 2 atom stereocenters. The zero-order valence-electron chi connectivity index (χ0n) is 13.4. The van der Waals surface area contributed by atoms with Gasteiger partial charge in [0.2, 0.25) is 0 Å². The highest BCUT2D eigenvalue weighted by atomic mass is 16.5. The number of carboxylic acid groups (broad SMARTS) is 1. The Morgan fingerprint density at radius 1 is 1.08 bits per heavy atom. The molecule has 3 rings (SSSR count). The summed E-state index contributed by atoms with van der Waals surface area (Å²) in [5, 5.41) is 12.2. The fraction of sp³-hybridized carbons (Fsp3) is 0.263. The molecule has 2 unspecified atom stereocenters. The third-order valence-electron chi connectivity index (χ3n) is 4.32. The molecular formula is C19H19NO4. The lowest BCUT2D eigenvalue weighted by Gasteiger charge is -2.23. The van der Waals surface area contributed by atoms with Crippen LogP contribution in [-0.4, -0.2) is 17.0 Å². The van der Waals surface area contributed by atoms with Crippen LogP contribution in [0.1, 0.15) is 40.0 Å². The van der Waals surface area contributed by atoms with Crippen LogP contribution in [0.3, 0.4) is 0 Å². The van der Waals surface area contributed by atoms with E-state index in [2.05, 4.69) is 5.32 Å². The second kappa shape index (κ2) is 6.84. The van der Waals surface area contributed by atoms with Gasteiger partial charge in [-0.2, -0.15) is 0 Å². The number of carboxylic acids is 1. The fourth-order valence-corrected chi connectivity index (χ4v) is 2.84. The molecular weight excluding hydrogens is 306 g/mol. The van der Waals surface area contributed by atoms with Crippen LogP contribution in [0.25, 0.3) is 0 Å². The molecule has 0 aliphatic carbocycles. The van der Waals surface area contributed by atoms with Crippen LogP contribution in [0.2, 0.25) is 0 Å². The minimum Gasteiger partial charge on any atom is -0.481 e. The number of fused-ring (bicyclic) bond motifs is 1. The Kier molecular flexibility index (Phi) is 4.62. The second-order valence-corrected chi connectivity index (χ2v) is 5.97. The maximum atomic E-state index is 12.6. The minimum absolute atomic E-state index is 0.286. The number of nitrogens with one attached hydrogen (secondary N) is 1. The predicted molar refractivity (Wildman–Crippen MR) is 88.4 cm³/mol. The third kappa shape index (κ3) is 3.31. The van der Waals surface area contributed by atoms with Crippen molar-refractivity contribution in [2.75, 3.05) is 0 Å². The lowest BCUT2D eigenvalue weighted by Crippen LogP contribution is -2.35. The number of rotatable bonds is 5. The van der Waals surface area contributed by atoms with E-state index in [9.17, 15) is 14.7 Å². The molecule has 2 N–H and O–H groups in total. The summed E-state index contributed by atoms with van der Waals surface area (Å²) in [5.74, 6) is -1.98. The molecule has 1 aliphatic heterocycles. The summed E-state index contributed by atoms with van der Waals surface area (Å²) in [6.07, 6.45) is 0. The van der Waals surface area contributed by atoms with Crippen LogP contribution in [0.5, 0.6) is 0 Å². The van der Waals surface area contributed by atoms with Gasteiger partial charge in [-0.25, -0.2) is 0 Å². The van der Waals surface area contributed by atoms with E-state index < -0.39 is 17.9 Å². The van der Waals surface area contributed by atoms with Crippen molar-refractivity contribution in [3.05, 3.63) is 70.8 Å². The van der Waals surface area contributed by atoms with Crippen molar-refractivity contribution in [3.8, 4) is 0 Å². The zero-order chi connectivity index (χ0) is 17.1. The molecule has 2 aromatic rings. The van der Waals surface area contributed by atoms with Gasteiger partial charge in [0.1, 0.15) is 0 Å². The number of hydrogen-bond acceptors (Lipinski definition) is 3. The first-order chi connectivity index (χ1) is 11.6. The predicted octanol–water partition coefficient (Wildman–Crippen LogP) is 2.91. The lowest BCUT2D eigenvalue weighted by molar-refractivity contribution is -0.142. The van der Waals surface area contributed by atoms with Gasteiger partial charge < -0.3 is 15.2 Å². The van der Waals surface area contributed by atoms with Crippen LogP contribution in [-0.2, 0) is 22.7 Å². The van der Waals surface area contributed by atoms with Crippen LogP contribution < -0.4 is 5.32 Å². The first-order valence-electron chi connectivity index (χ1n) is 7.84. The van der Waals surface area contributed by atoms with Crippen molar-refractivity contribution < 1.29 is 19.4 Å². The Hall–Kier alpha value is -2.66. The quantitative estimate of drug-likeness (QED) is 0.886. The molecule has 5 nitrogen and oxygen atoms in total. The molecule has 0 spiro atoms. The van der Waals surface area contributed by atoms with Gasteiger partial charge in [0.15, 0.2) is 0 Å². The summed E-state index contributed by atoms with van der Waals surface area (Å²) in [7, 11) is 0. The van der Waals surface area contributed by atoms with Crippen molar-refractivity contribution in [2.24, 2.45) is 5.92 Å². The molecule has 124 valence electrons. The molecule has 2 aromatic carbocycles. The topological polar surface area (TPSA) is 75.6 Å². The molecule has 0 saturated carbocycles. The Morgan fingerprint density at radius 3 is 2.50 bits per heavy atom. The fourth-order valence-electron chi connectivity index (χ4n) is 2.84. The third-order valence-corrected chi connectivity index (χ3v) is 4.32. The summed E-state index contributed by atoms with van der Waals surface area (Å²) in [5.41, 5.74) is 3.37. The Bertz CT molecular complexity index is 757. The van der Waals surface area contributed by atoms with Crippen molar-refractivity contribution >= 4 is 11.9 Å². The van der Waals surface area contributed by atoms with Crippen LogP contribution in [0.4, 0.5) is 0 Å². The van der Waals surface area contributed by atoms with E-state index in [1.54, 1.807) is 13.0 Å². The molecule has 5 heteroatoms. The Morgan fingerprint density at radius 2 is 1.79 bits per heavy atom. The normalized spacial score (nSPS) is 15.4. The molecule has 0 saturated heterocycles. The zero-order valence-corrected chi connectivity index (χ0v) is 13.4. The second-order valence-electron chi connectivity index (χ2n) is 5.97. The van der Waals surface area contributed by atoms with E-state index in [0.29, 0.717) is 18.8 Å². The highest BCUT2D eigenvalue weighted by molar-refractivity contribution is 5.95. The monoisotopic (exact) mass is 325 g/mol. The number of hydrogen-bond donors (Lipinski definition) is 2. The van der Waals surface area contributed by atoms with Gasteiger partial charge in [0.05, 0.1) is 25.2 Å². The molecule has 0 fully saturated rings. The van der Waals surface area contributed by atoms with Crippen LogP contribution in [0.15, 0.2) is 48.5 Å². The van der Waals surface area contributed by atoms with Crippen molar-refractivity contribution in [3.63, 3.8) is 0 Å². The highest BCUT2D eigenvalue weighted by Crippen LogP contribution is 2.24. The molecule has 0 bridgehead atoms. The average molecular weight is 325 g/mol. The van der Waals surface area contributed by atoms with E-state index >= 15 is 0 Å². The van der Waals surface area contributed by atoms with Crippen molar-refractivity contribution in [1.29, 1.82) is 0 Å². The first-order valence-corrected chi connectivity index (χ1v) is 7.84. The molecule has 1 heterocycles. The van der Waals surface area contributed by atoms with Gasteiger partial charge in [-0.3, -0.25) is 9.59 Å². The maximum absolute atomic E-state index is 12.6. The summed E-state index contributed by atoms with van der Waals surface area (Å²) < 4.78 is 5.36. The van der Waals surface area contributed by atoms with E-state index in [-0.39, 0.29) is 5.91 Å². The summed E-state index contributed by atoms with van der Waals surface area (Å²) in [4.78, 5) is 24.0. The number of ether oxygens (including phenoxy) is 1. The number of carbonyl (C=O) groups is 2. The maximum Gasteiger partial charge on any atom is 0.308 e. The van der Waals surface area contributed by atoms with Crippen molar-refractivity contribution in [1.82, 2.24) is 5.32 Å². The standard InChI is InChI=1S/C19H19NO4/c1-12(19(22)23)17(13-5-3-2-4-6-13)20-18(21)14-7-8-15-10-24-11-16(15)9-14/h2-9,12,17H,10-11H2,1H3,(H,20,21)(H,22,23). The molecule has 24 heavy (non-hydrogen) atoms. The van der Waals surface area contributed by atoms with E-state index in [1.165, 1.54) is 0 Å². The van der Waals surface area contributed by atoms with Gasteiger partial charge >= 0.3 is 5.97 Å². The van der Waals surface area contributed by atoms with E-state index in [1.807, 2.05) is 42.5 Å².